The fraction of sp³-hybridized carbons (Fsp3) is 0.500. The van der Waals surface area contributed by atoms with E-state index in [9.17, 15) is 0 Å². The molecule has 0 radical (unpaired) electrons. The minimum absolute atomic E-state index is 0.847. The molecule has 2 aliphatic carbocycles. The van der Waals surface area contributed by atoms with Crippen molar-refractivity contribution in [2.24, 2.45) is 5.92 Å². The van der Waals surface area contributed by atoms with Crippen LogP contribution in [0.5, 0.6) is 0 Å². The minimum Gasteiger partial charge on any atom is -0.0839 e. The first-order valence-electron chi connectivity index (χ1n) is 4.82. The zero-order chi connectivity index (χ0) is 8.55. The van der Waals surface area contributed by atoms with Gasteiger partial charge in [-0.15, -0.1) is 0 Å². The van der Waals surface area contributed by atoms with Crippen LogP contribution in [0.2, 0.25) is 0 Å². The second-order valence-electron chi connectivity index (χ2n) is 4.00. The Morgan fingerprint density at radius 2 is 2.25 bits per heavy atom. The van der Waals surface area contributed by atoms with Crippen LogP contribution in [-0.4, -0.2) is 0 Å². The second kappa shape index (κ2) is 2.93. The van der Waals surface area contributed by atoms with Crippen LogP contribution in [-0.2, 0) is 0 Å². The molecule has 0 bridgehead atoms. The van der Waals surface area contributed by atoms with Crippen LogP contribution in [0.3, 0.4) is 0 Å². The van der Waals surface area contributed by atoms with E-state index in [1.165, 1.54) is 24.8 Å². The van der Waals surface area contributed by atoms with Crippen LogP contribution in [0.1, 0.15) is 33.1 Å². The van der Waals surface area contributed by atoms with Gasteiger partial charge in [-0.2, -0.15) is 0 Å². The quantitative estimate of drug-likeness (QED) is 0.507. The lowest BCUT2D eigenvalue weighted by Crippen LogP contribution is -1.98. The van der Waals surface area contributed by atoms with Crippen molar-refractivity contribution >= 4 is 0 Å². The smallest absolute Gasteiger partial charge is 0.0121 e. The van der Waals surface area contributed by atoms with Gasteiger partial charge >= 0.3 is 0 Å². The summed E-state index contributed by atoms with van der Waals surface area (Å²) >= 11 is 0. The van der Waals surface area contributed by atoms with E-state index >= 15 is 0 Å². The molecule has 0 N–H and O–H groups in total. The van der Waals surface area contributed by atoms with Crippen LogP contribution in [0.15, 0.2) is 34.9 Å². The van der Waals surface area contributed by atoms with Gasteiger partial charge in [0.1, 0.15) is 0 Å². The average Bonchev–Trinajstić information content (AvgIpc) is 2.47. The molecule has 0 aromatic heterocycles. The molecule has 0 heteroatoms. The molecule has 0 heterocycles. The fourth-order valence-electron chi connectivity index (χ4n) is 2.30. The first-order valence-corrected chi connectivity index (χ1v) is 4.82. The van der Waals surface area contributed by atoms with E-state index in [0.29, 0.717) is 0 Å². The molecule has 0 amide bonds. The van der Waals surface area contributed by atoms with Gasteiger partial charge in [0, 0.05) is 0 Å². The molecule has 1 atom stereocenters. The molecule has 2 aliphatic rings. The van der Waals surface area contributed by atoms with Crippen LogP contribution >= 0.6 is 0 Å². The summed E-state index contributed by atoms with van der Waals surface area (Å²) in [5.74, 6) is 0.847. The molecule has 1 unspecified atom stereocenters. The SMILES string of the molecule is CC(C)=C1CCC2CC=CC=C12. The normalized spacial score (nSPS) is 27.0. The Morgan fingerprint density at radius 1 is 1.42 bits per heavy atom. The average molecular weight is 160 g/mol. The van der Waals surface area contributed by atoms with E-state index in [2.05, 4.69) is 32.1 Å². The largest absolute Gasteiger partial charge is 0.0839 e. The Balaban J connectivity index is 2.37. The van der Waals surface area contributed by atoms with Crippen molar-refractivity contribution in [2.75, 3.05) is 0 Å². The van der Waals surface area contributed by atoms with Gasteiger partial charge in [0.15, 0.2) is 0 Å². The highest BCUT2D eigenvalue weighted by molar-refractivity contribution is 5.43. The topological polar surface area (TPSA) is 0 Å². The van der Waals surface area contributed by atoms with E-state index < -0.39 is 0 Å². The van der Waals surface area contributed by atoms with Gasteiger partial charge in [-0.25, -0.2) is 0 Å². The second-order valence-corrected chi connectivity index (χ2v) is 4.00. The van der Waals surface area contributed by atoms with Crippen molar-refractivity contribution in [1.29, 1.82) is 0 Å². The molecule has 0 aromatic carbocycles. The summed E-state index contributed by atoms with van der Waals surface area (Å²) in [6.45, 7) is 4.47. The molecule has 2 rings (SSSR count). The third-order valence-corrected chi connectivity index (χ3v) is 2.97. The predicted molar refractivity (Wildman–Crippen MR) is 52.9 cm³/mol. The van der Waals surface area contributed by atoms with Gasteiger partial charge in [0.2, 0.25) is 0 Å². The Bertz CT molecular complexity index is 272. The van der Waals surface area contributed by atoms with Gasteiger partial charge < -0.3 is 0 Å². The van der Waals surface area contributed by atoms with Crippen molar-refractivity contribution in [3.05, 3.63) is 34.9 Å². The number of hydrogen-bond acceptors (Lipinski definition) is 0. The minimum atomic E-state index is 0.847. The predicted octanol–water partition coefficient (Wildman–Crippen LogP) is 3.62. The first kappa shape index (κ1) is 7.85. The molecule has 1 saturated carbocycles. The molecular formula is C12H16. The first-order chi connectivity index (χ1) is 5.79. The van der Waals surface area contributed by atoms with Crippen molar-refractivity contribution in [1.82, 2.24) is 0 Å². The summed E-state index contributed by atoms with van der Waals surface area (Å²) in [5.41, 5.74) is 4.76. The number of fused-ring (bicyclic) bond motifs is 1. The van der Waals surface area contributed by atoms with Crippen LogP contribution in [0.4, 0.5) is 0 Å². The molecule has 0 spiro atoms. The van der Waals surface area contributed by atoms with Crippen molar-refractivity contribution in [2.45, 2.75) is 33.1 Å². The lowest BCUT2D eigenvalue weighted by atomic mass is 9.92. The maximum atomic E-state index is 2.31. The highest BCUT2D eigenvalue weighted by atomic mass is 14.3. The number of rotatable bonds is 0. The molecular weight excluding hydrogens is 144 g/mol. The standard InChI is InChI=1S/C12H16/c1-9(2)11-8-7-10-5-3-4-6-12(10)11/h3-4,6,10H,5,7-8H2,1-2H3. The third kappa shape index (κ3) is 1.16. The van der Waals surface area contributed by atoms with Gasteiger partial charge in [0.25, 0.3) is 0 Å². The lowest BCUT2D eigenvalue weighted by Gasteiger charge is -2.13. The number of hydrogen-bond donors (Lipinski definition) is 0. The summed E-state index contributed by atoms with van der Waals surface area (Å²) in [6, 6.07) is 0. The van der Waals surface area contributed by atoms with Crippen molar-refractivity contribution in [3.8, 4) is 0 Å². The van der Waals surface area contributed by atoms with Crippen LogP contribution in [0, 0.1) is 5.92 Å². The molecule has 0 saturated heterocycles. The van der Waals surface area contributed by atoms with E-state index in [-0.39, 0.29) is 0 Å². The van der Waals surface area contributed by atoms with Crippen LogP contribution < -0.4 is 0 Å². The lowest BCUT2D eigenvalue weighted by molar-refractivity contribution is 0.633. The summed E-state index contributed by atoms with van der Waals surface area (Å²) in [6.07, 6.45) is 10.8. The van der Waals surface area contributed by atoms with E-state index in [1.54, 1.807) is 11.1 Å². The maximum Gasteiger partial charge on any atom is -0.0121 e. The van der Waals surface area contributed by atoms with Gasteiger partial charge in [-0.3, -0.25) is 0 Å². The zero-order valence-electron chi connectivity index (χ0n) is 7.93. The molecule has 0 nitrogen and oxygen atoms in total. The maximum absolute atomic E-state index is 2.31. The highest BCUT2D eigenvalue weighted by Gasteiger charge is 2.25. The zero-order valence-corrected chi connectivity index (χ0v) is 7.93. The Morgan fingerprint density at radius 3 is 3.00 bits per heavy atom. The van der Waals surface area contributed by atoms with E-state index in [0.717, 1.165) is 5.92 Å². The Hall–Kier alpha value is -0.780. The molecule has 0 aliphatic heterocycles. The van der Waals surface area contributed by atoms with Gasteiger partial charge in [-0.05, 0) is 50.2 Å². The fourth-order valence-corrected chi connectivity index (χ4v) is 2.30. The summed E-state index contributed by atoms with van der Waals surface area (Å²) < 4.78 is 0. The van der Waals surface area contributed by atoms with Crippen molar-refractivity contribution < 1.29 is 0 Å². The van der Waals surface area contributed by atoms with E-state index in [1.807, 2.05) is 0 Å². The Kier molecular flexibility index (Phi) is 1.92. The van der Waals surface area contributed by atoms with E-state index in [4.69, 9.17) is 0 Å². The molecule has 12 heavy (non-hydrogen) atoms. The molecule has 64 valence electrons. The molecule has 0 aromatic rings. The Labute approximate surface area is 74.7 Å². The summed E-state index contributed by atoms with van der Waals surface area (Å²) in [4.78, 5) is 0. The monoisotopic (exact) mass is 160 g/mol. The van der Waals surface area contributed by atoms with Crippen LogP contribution in [0.25, 0.3) is 0 Å². The third-order valence-electron chi connectivity index (χ3n) is 2.97. The molecule has 1 fully saturated rings. The van der Waals surface area contributed by atoms with Gasteiger partial charge in [0.05, 0.1) is 0 Å². The number of allylic oxidation sites excluding steroid dienone is 6. The van der Waals surface area contributed by atoms with Gasteiger partial charge in [-0.1, -0.05) is 23.8 Å². The van der Waals surface area contributed by atoms with Crippen molar-refractivity contribution in [3.63, 3.8) is 0 Å². The summed E-state index contributed by atoms with van der Waals surface area (Å²) in [5, 5.41) is 0. The highest BCUT2D eigenvalue weighted by Crippen LogP contribution is 2.41. The summed E-state index contributed by atoms with van der Waals surface area (Å²) in [7, 11) is 0.